The molecule has 0 unspecified atom stereocenters. The van der Waals surface area contributed by atoms with Crippen molar-refractivity contribution in [3.63, 3.8) is 0 Å². The molecule has 88 valence electrons. The van der Waals surface area contributed by atoms with Crippen LogP contribution in [-0.4, -0.2) is 9.97 Å². The van der Waals surface area contributed by atoms with E-state index in [9.17, 15) is 4.39 Å². The van der Waals surface area contributed by atoms with Gasteiger partial charge in [-0.3, -0.25) is 0 Å². The zero-order valence-corrected chi connectivity index (χ0v) is 9.84. The monoisotopic (exact) mass is 273 g/mol. The third-order valence-electron chi connectivity index (χ3n) is 1.89. The maximum absolute atomic E-state index is 12.8. The summed E-state index contributed by atoms with van der Waals surface area (Å²) in [6, 6.07) is 3.70. The van der Waals surface area contributed by atoms with Crippen molar-refractivity contribution < 1.29 is 9.13 Å². The lowest BCUT2D eigenvalue weighted by molar-refractivity contribution is 0.461. The topological polar surface area (TPSA) is 61.0 Å². The number of nitrogen functional groups attached to an aromatic ring is 1. The third-order valence-corrected chi connectivity index (χ3v) is 2.54. The normalized spacial score (nSPS) is 10.3. The van der Waals surface area contributed by atoms with Crippen LogP contribution in [-0.2, 0) is 0 Å². The van der Waals surface area contributed by atoms with E-state index in [1.165, 1.54) is 18.5 Å². The van der Waals surface area contributed by atoms with Crippen LogP contribution in [0, 0.1) is 5.82 Å². The highest BCUT2D eigenvalue weighted by atomic mass is 35.5. The van der Waals surface area contributed by atoms with Crippen molar-refractivity contribution in [2.45, 2.75) is 0 Å². The molecule has 7 heteroatoms. The van der Waals surface area contributed by atoms with Gasteiger partial charge in [0.05, 0.1) is 5.02 Å². The van der Waals surface area contributed by atoms with Gasteiger partial charge in [0.1, 0.15) is 28.7 Å². The van der Waals surface area contributed by atoms with Crippen molar-refractivity contribution in [2.75, 3.05) is 5.73 Å². The summed E-state index contributed by atoms with van der Waals surface area (Å²) in [5, 5.41) is 0.186. The molecule has 2 N–H and O–H groups in total. The van der Waals surface area contributed by atoms with Crippen molar-refractivity contribution in [3.05, 3.63) is 40.4 Å². The van der Waals surface area contributed by atoms with Gasteiger partial charge in [-0.05, 0) is 18.2 Å². The number of hydrogen-bond acceptors (Lipinski definition) is 4. The standard InChI is InChI=1S/C10H6Cl2FN3O/c11-6-3-5(13)1-2-7(6)17-10-8(12)9(14)15-4-16-10/h1-4H,(H2,14,15,16). The summed E-state index contributed by atoms with van der Waals surface area (Å²) in [5.41, 5.74) is 5.48. The first kappa shape index (κ1) is 11.9. The van der Waals surface area contributed by atoms with Gasteiger partial charge >= 0.3 is 0 Å². The number of nitrogens with zero attached hydrogens (tertiary/aromatic N) is 2. The van der Waals surface area contributed by atoms with E-state index in [0.29, 0.717) is 0 Å². The van der Waals surface area contributed by atoms with Crippen LogP contribution >= 0.6 is 23.2 Å². The third kappa shape index (κ3) is 2.57. The summed E-state index contributed by atoms with van der Waals surface area (Å²) in [4.78, 5) is 7.48. The number of hydrogen-bond donors (Lipinski definition) is 1. The Hall–Kier alpha value is -1.59. The molecule has 0 aliphatic carbocycles. The highest BCUT2D eigenvalue weighted by Crippen LogP contribution is 2.33. The molecule has 0 saturated heterocycles. The van der Waals surface area contributed by atoms with Crippen molar-refractivity contribution in [1.29, 1.82) is 0 Å². The second-order valence-corrected chi connectivity index (χ2v) is 3.84. The van der Waals surface area contributed by atoms with Gasteiger partial charge < -0.3 is 10.5 Å². The van der Waals surface area contributed by atoms with Gasteiger partial charge in [0, 0.05) is 0 Å². The van der Waals surface area contributed by atoms with Crippen molar-refractivity contribution in [2.24, 2.45) is 0 Å². The fourth-order valence-corrected chi connectivity index (χ4v) is 1.44. The van der Waals surface area contributed by atoms with E-state index in [0.717, 1.165) is 6.07 Å². The van der Waals surface area contributed by atoms with Gasteiger partial charge in [0.25, 0.3) is 0 Å². The molecule has 0 aliphatic heterocycles. The molecule has 0 atom stereocenters. The van der Waals surface area contributed by atoms with Gasteiger partial charge in [0.2, 0.25) is 5.88 Å². The SMILES string of the molecule is Nc1ncnc(Oc2ccc(F)cc2Cl)c1Cl. The Morgan fingerprint density at radius 1 is 1.24 bits per heavy atom. The average Bonchev–Trinajstić information content (AvgIpc) is 2.28. The number of anilines is 1. The summed E-state index contributed by atoms with van der Waals surface area (Å²) in [6.07, 6.45) is 1.20. The van der Waals surface area contributed by atoms with Crippen LogP contribution in [0.5, 0.6) is 11.6 Å². The minimum absolute atomic E-state index is 0.0627. The summed E-state index contributed by atoms with van der Waals surface area (Å²) < 4.78 is 18.1. The van der Waals surface area contributed by atoms with Gasteiger partial charge in [-0.2, -0.15) is 4.98 Å². The molecule has 1 aromatic carbocycles. The van der Waals surface area contributed by atoms with E-state index in [-0.39, 0.29) is 27.5 Å². The van der Waals surface area contributed by atoms with Crippen LogP contribution in [0.3, 0.4) is 0 Å². The number of aromatic nitrogens is 2. The van der Waals surface area contributed by atoms with Crippen LogP contribution in [0.4, 0.5) is 10.2 Å². The summed E-state index contributed by atoms with van der Waals surface area (Å²) >= 11 is 11.6. The molecule has 0 bridgehead atoms. The fourth-order valence-electron chi connectivity index (χ4n) is 1.10. The van der Waals surface area contributed by atoms with Gasteiger partial charge in [-0.1, -0.05) is 23.2 Å². The highest BCUT2D eigenvalue weighted by Gasteiger charge is 2.11. The lowest BCUT2D eigenvalue weighted by Crippen LogP contribution is -1.96. The first-order chi connectivity index (χ1) is 8.08. The fraction of sp³-hybridized carbons (Fsp3) is 0. The van der Waals surface area contributed by atoms with E-state index in [4.69, 9.17) is 33.7 Å². The molecular weight excluding hydrogens is 268 g/mol. The predicted molar refractivity (Wildman–Crippen MR) is 62.9 cm³/mol. The predicted octanol–water partition coefficient (Wildman–Crippen LogP) is 3.30. The van der Waals surface area contributed by atoms with E-state index < -0.39 is 5.82 Å². The summed E-state index contributed by atoms with van der Waals surface area (Å²) in [6.45, 7) is 0. The van der Waals surface area contributed by atoms with E-state index in [1.807, 2.05) is 0 Å². The minimum Gasteiger partial charge on any atom is -0.436 e. The quantitative estimate of drug-likeness (QED) is 0.912. The molecule has 1 aromatic heterocycles. The lowest BCUT2D eigenvalue weighted by atomic mass is 10.3. The van der Waals surface area contributed by atoms with E-state index in [2.05, 4.69) is 9.97 Å². The second kappa shape index (κ2) is 4.73. The van der Waals surface area contributed by atoms with Crippen molar-refractivity contribution in [3.8, 4) is 11.6 Å². The molecule has 4 nitrogen and oxygen atoms in total. The maximum atomic E-state index is 12.8. The molecule has 17 heavy (non-hydrogen) atoms. The highest BCUT2D eigenvalue weighted by molar-refractivity contribution is 6.34. The van der Waals surface area contributed by atoms with Crippen LogP contribution in [0.15, 0.2) is 24.5 Å². The lowest BCUT2D eigenvalue weighted by Gasteiger charge is -2.08. The zero-order valence-electron chi connectivity index (χ0n) is 8.32. The minimum atomic E-state index is -0.462. The smallest absolute Gasteiger partial charge is 0.243 e. The van der Waals surface area contributed by atoms with Crippen molar-refractivity contribution >= 4 is 29.0 Å². The Bertz CT molecular complexity index is 565. The van der Waals surface area contributed by atoms with E-state index >= 15 is 0 Å². The molecule has 0 fully saturated rings. The van der Waals surface area contributed by atoms with Gasteiger partial charge in [-0.15, -0.1) is 0 Å². The Labute approximate surface area is 106 Å². The Morgan fingerprint density at radius 3 is 2.71 bits per heavy atom. The maximum Gasteiger partial charge on any atom is 0.243 e. The zero-order chi connectivity index (χ0) is 12.4. The largest absolute Gasteiger partial charge is 0.436 e. The average molecular weight is 274 g/mol. The van der Waals surface area contributed by atoms with Gasteiger partial charge in [-0.25, -0.2) is 9.37 Å². The van der Waals surface area contributed by atoms with Crippen LogP contribution in [0.2, 0.25) is 10.0 Å². The molecule has 0 amide bonds. The van der Waals surface area contributed by atoms with Gasteiger partial charge in [0.15, 0.2) is 0 Å². The first-order valence-electron chi connectivity index (χ1n) is 4.47. The Kier molecular flexibility index (Phi) is 3.31. The number of nitrogens with two attached hydrogens (primary N) is 1. The summed E-state index contributed by atoms with van der Waals surface area (Å²) in [7, 11) is 0. The number of rotatable bonds is 2. The molecule has 2 aromatic rings. The van der Waals surface area contributed by atoms with Crippen LogP contribution in [0.25, 0.3) is 0 Å². The second-order valence-electron chi connectivity index (χ2n) is 3.05. The number of ether oxygens (including phenoxy) is 1. The molecule has 0 spiro atoms. The Balaban J connectivity index is 2.35. The molecule has 0 aliphatic rings. The van der Waals surface area contributed by atoms with Crippen molar-refractivity contribution in [1.82, 2.24) is 9.97 Å². The molecule has 2 rings (SSSR count). The molecule has 0 radical (unpaired) electrons. The summed E-state index contributed by atoms with van der Waals surface area (Å²) in [5.74, 6) is -0.0775. The number of benzene rings is 1. The number of halogens is 3. The molecular formula is C10H6Cl2FN3O. The molecule has 0 saturated carbocycles. The van der Waals surface area contributed by atoms with Crippen LogP contribution in [0.1, 0.15) is 0 Å². The molecule has 1 heterocycles. The first-order valence-corrected chi connectivity index (χ1v) is 5.22. The van der Waals surface area contributed by atoms with E-state index in [1.54, 1.807) is 0 Å². The Morgan fingerprint density at radius 2 is 2.00 bits per heavy atom. The van der Waals surface area contributed by atoms with Crippen LogP contribution < -0.4 is 10.5 Å².